The number of aryl methyl sites for hydroxylation is 2. The summed E-state index contributed by atoms with van der Waals surface area (Å²) in [6.07, 6.45) is 0. The minimum atomic E-state index is 0.317. The van der Waals surface area contributed by atoms with Crippen molar-refractivity contribution < 1.29 is 5.11 Å². The van der Waals surface area contributed by atoms with Crippen molar-refractivity contribution in [1.29, 1.82) is 0 Å². The quantitative estimate of drug-likeness (QED) is 0.772. The van der Waals surface area contributed by atoms with E-state index in [2.05, 4.69) is 21.8 Å². The molecule has 88 valence electrons. The maximum Gasteiger partial charge on any atom is 0.139 e. The van der Waals surface area contributed by atoms with Crippen LogP contribution < -0.4 is 4.90 Å². The molecular weight excluding hydrogens is 202 g/mol. The van der Waals surface area contributed by atoms with Crippen LogP contribution in [0.2, 0.25) is 0 Å². The van der Waals surface area contributed by atoms with Crippen LogP contribution in [0.25, 0.3) is 0 Å². The van der Waals surface area contributed by atoms with E-state index in [4.69, 9.17) is 0 Å². The second kappa shape index (κ2) is 4.29. The number of nitrogens with zero attached hydrogens (tertiary/aromatic N) is 3. The third-order valence-electron chi connectivity index (χ3n) is 3.17. The van der Waals surface area contributed by atoms with Crippen LogP contribution in [0.15, 0.2) is 6.07 Å². The van der Waals surface area contributed by atoms with E-state index in [0.29, 0.717) is 11.4 Å². The molecule has 0 atom stereocenters. The van der Waals surface area contributed by atoms with Gasteiger partial charge in [-0.3, -0.25) is 0 Å². The van der Waals surface area contributed by atoms with E-state index < -0.39 is 0 Å². The van der Waals surface area contributed by atoms with Gasteiger partial charge >= 0.3 is 0 Å². The van der Waals surface area contributed by atoms with Crippen molar-refractivity contribution in [3.05, 3.63) is 17.3 Å². The third kappa shape index (κ3) is 2.11. The van der Waals surface area contributed by atoms with E-state index in [-0.39, 0.29) is 0 Å². The molecule has 1 aliphatic rings. The lowest BCUT2D eigenvalue weighted by Crippen LogP contribution is -2.44. The molecule has 16 heavy (non-hydrogen) atoms. The van der Waals surface area contributed by atoms with Crippen LogP contribution in [0, 0.1) is 13.8 Å². The van der Waals surface area contributed by atoms with Gasteiger partial charge in [0.1, 0.15) is 11.6 Å². The Kier molecular flexibility index (Phi) is 3.01. The van der Waals surface area contributed by atoms with Crippen molar-refractivity contribution in [3.63, 3.8) is 0 Å². The molecule has 2 rings (SSSR count). The Labute approximate surface area is 96.5 Å². The Morgan fingerprint density at radius 3 is 2.38 bits per heavy atom. The third-order valence-corrected chi connectivity index (χ3v) is 3.17. The van der Waals surface area contributed by atoms with E-state index in [1.807, 2.05) is 19.9 Å². The fourth-order valence-electron chi connectivity index (χ4n) is 2.00. The molecule has 1 N–H and O–H groups in total. The monoisotopic (exact) mass is 221 g/mol. The molecule has 2 heterocycles. The highest BCUT2D eigenvalue weighted by Gasteiger charge is 2.16. The van der Waals surface area contributed by atoms with E-state index in [1.165, 1.54) is 0 Å². The fraction of sp³-hybridized carbons (Fsp3) is 0.583. The average Bonchev–Trinajstić information content (AvgIpc) is 2.26. The minimum Gasteiger partial charge on any atom is -0.506 e. The predicted molar refractivity (Wildman–Crippen MR) is 65.1 cm³/mol. The topological polar surface area (TPSA) is 39.6 Å². The number of hydrogen-bond acceptors (Lipinski definition) is 4. The fourth-order valence-corrected chi connectivity index (χ4v) is 2.00. The van der Waals surface area contributed by atoms with E-state index in [1.54, 1.807) is 0 Å². The number of aromatic hydroxyl groups is 1. The Morgan fingerprint density at radius 2 is 1.81 bits per heavy atom. The first kappa shape index (κ1) is 11.2. The number of hydrogen-bond donors (Lipinski definition) is 1. The standard InChI is InChI=1S/C12H19N3O/c1-9-8-11(13-10(2)12(9)16)15-6-4-14(3)5-7-15/h8,16H,4-7H2,1-3H3. The summed E-state index contributed by atoms with van der Waals surface area (Å²) in [7, 11) is 2.14. The lowest BCUT2D eigenvalue weighted by Gasteiger charge is -2.33. The molecule has 1 saturated heterocycles. The summed E-state index contributed by atoms with van der Waals surface area (Å²) in [4.78, 5) is 9.03. The van der Waals surface area contributed by atoms with Crippen LogP contribution in [0.5, 0.6) is 5.75 Å². The van der Waals surface area contributed by atoms with E-state index in [9.17, 15) is 5.11 Å². The Hall–Kier alpha value is -1.29. The first-order valence-electron chi connectivity index (χ1n) is 5.68. The minimum absolute atomic E-state index is 0.317. The molecule has 0 aromatic carbocycles. The maximum atomic E-state index is 9.68. The van der Waals surface area contributed by atoms with Gasteiger partial charge in [0.2, 0.25) is 0 Å². The molecule has 0 bridgehead atoms. The van der Waals surface area contributed by atoms with Crippen molar-refractivity contribution in [2.24, 2.45) is 0 Å². The molecule has 0 radical (unpaired) electrons. The van der Waals surface area contributed by atoms with Crippen molar-refractivity contribution in [3.8, 4) is 5.75 Å². The van der Waals surface area contributed by atoms with Crippen molar-refractivity contribution >= 4 is 5.82 Å². The summed E-state index contributed by atoms with van der Waals surface area (Å²) >= 11 is 0. The van der Waals surface area contributed by atoms with Crippen molar-refractivity contribution in [2.45, 2.75) is 13.8 Å². The van der Waals surface area contributed by atoms with Crippen LogP contribution in [-0.4, -0.2) is 48.2 Å². The SMILES string of the molecule is Cc1cc(N2CCN(C)CC2)nc(C)c1O. The van der Waals surface area contributed by atoms with Gasteiger partial charge in [-0.1, -0.05) is 0 Å². The number of rotatable bonds is 1. The van der Waals surface area contributed by atoms with Crippen LogP contribution in [0.4, 0.5) is 5.82 Å². The number of likely N-dealkylation sites (N-methyl/N-ethyl adjacent to an activating group) is 1. The Morgan fingerprint density at radius 1 is 1.19 bits per heavy atom. The summed E-state index contributed by atoms with van der Waals surface area (Å²) in [6.45, 7) is 7.92. The van der Waals surface area contributed by atoms with Gasteiger partial charge in [-0.2, -0.15) is 0 Å². The molecule has 4 nitrogen and oxygen atoms in total. The van der Waals surface area contributed by atoms with E-state index in [0.717, 1.165) is 37.6 Å². The zero-order valence-corrected chi connectivity index (χ0v) is 10.2. The van der Waals surface area contributed by atoms with Gasteiger partial charge in [-0.15, -0.1) is 0 Å². The van der Waals surface area contributed by atoms with Crippen LogP contribution >= 0.6 is 0 Å². The van der Waals surface area contributed by atoms with Crippen LogP contribution in [0.1, 0.15) is 11.3 Å². The van der Waals surface area contributed by atoms with Gasteiger partial charge in [-0.25, -0.2) is 4.98 Å². The molecule has 1 aromatic heterocycles. The van der Waals surface area contributed by atoms with Crippen LogP contribution in [0.3, 0.4) is 0 Å². The van der Waals surface area contributed by atoms with Gasteiger partial charge in [0.15, 0.2) is 0 Å². The Balaban J connectivity index is 2.21. The van der Waals surface area contributed by atoms with Gasteiger partial charge in [0.25, 0.3) is 0 Å². The number of anilines is 1. The molecule has 1 aromatic rings. The summed E-state index contributed by atoms with van der Waals surface area (Å²) in [5.41, 5.74) is 1.62. The molecule has 1 fully saturated rings. The first-order valence-corrected chi connectivity index (χ1v) is 5.68. The highest BCUT2D eigenvalue weighted by Crippen LogP contribution is 2.24. The predicted octanol–water partition coefficient (Wildman–Crippen LogP) is 1.16. The molecule has 4 heteroatoms. The molecule has 0 amide bonds. The number of piperazine rings is 1. The Bertz CT molecular complexity index is 361. The van der Waals surface area contributed by atoms with Crippen molar-refractivity contribution in [2.75, 3.05) is 38.1 Å². The normalized spacial score (nSPS) is 17.8. The second-order valence-corrected chi connectivity index (χ2v) is 4.52. The largest absolute Gasteiger partial charge is 0.506 e. The maximum absolute atomic E-state index is 9.68. The molecule has 0 saturated carbocycles. The summed E-state index contributed by atoms with van der Waals surface area (Å²) in [5, 5.41) is 9.68. The summed E-state index contributed by atoms with van der Waals surface area (Å²) < 4.78 is 0. The molecule has 0 unspecified atom stereocenters. The lowest BCUT2D eigenvalue weighted by atomic mass is 10.2. The lowest BCUT2D eigenvalue weighted by molar-refractivity contribution is 0.312. The van der Waals surface area contributed by atoms with Gasteiger partial charge < -0.3 is 14.9 Å². The van der Waals surface area contributed by atoms with Gasteiger partial charge in [0.05, 0.1) is 5.69 Å². The van der Waals surface area contributed by atoms with Crippen LogP contribution in [-0.2, 0) is 0 Å². The number of pyridine rings is 1. The van der Waals surface area contributed by atoms with Gasteiger partial charge in [-0.05, 0) is 32.5 Å². The average molecular weight is 221 g/mol. The van der Waals surface area contributed by atoms with E-state index >= 15 is 0 Å². The van der Waals surface area contributed by atoms with Gasteiger partial charge in [0, 0.05) is 26.2 Å². The molecule has 1 aliphatic heterocycles. The molecule has 0 aliphatic carbocycles. The first-order chi connectivity index (χ1) is 7.58. The smallest absolute Gasteiger partial charge is 0.139 e. The zero-order valence-electron chi connectivity index (χ0n) is 10.2. The molecular formula is C12H19N3O. The highest BCUT2D eigenvalue weighted by atomic mass is 16.3. The zero-order chi connectivity index (χ0) is 11.7. The number of aromatic nitrogens is 1. The van der Waals surface area contributed by atoms with Crippen molar-refractivity contribution in [1.82, 2.24) is 9.88 Å². The summed E-state index contributed by atoms with van der Waals surface area (Å²) in [6, 6.07) is 1.97. The molecule has 0 spiro atoms. The second-order valence-electron chi connectivity index (χ2n) is 4.52. The highest BCUT2D eigenvalue weighted by molar-refractivity contribution is 5.48. The summed E-state index contributed by atoms with van der Waals surface area (Å²) in [5.74, 6) is 1.30.